The molecule has 2 atom stereocenters. The molecule has 11 heteroatoms. The van der Waals surface area contributed by atoms with E-state index < -0.39 is 34.0 Å². The fourth-order valence-corrected chi connectivity index (χ4v) is 3.42. The van der Waals surface area contributed by atoms with E-state index in [1.54, 1.807) is 31.2 Å². The van der Waals surface area contributed by atoms with Gasteiger partial charge in [-0.3, -0.25) is 20.5 Å². The van der Waals surface area contributed by atoms with Gasteiger partial charge in [-0.2, -0.15) is 0 Å². The Hall–Kier alpha value is -2.50. The lowest BCUT2D eigenvalue weighted by Gasteiger charge is -2.20. The highest BCUT2D eigenvalue weighted by molar-refractivity contribution is 7.88. The molecule has 0 aromatic heterocycles. The summed E-state index contributed by atoms with van der Waals surface area (Å²) in [5, 5.41) is 11.4. The van der Waals surface area contributed by atoms with Crippen molar-refractivity contribution in [2.45, 2.75) is 38.4 Å². The van der Waals surface area contributed by atoms with Crippen molar-refractivity contribution in [3.8, 4) is 0 Å². The second kappa shape index (κ2) is 9.62. The Labute approximate surface area is 163 Å². The maximum absolute atomic E-state index is 12.6. The predicted molar refractivity (Wildman–Crippen MR) is 101 cm³/mol. The minimum atomic E-state index is -3.68. The maximum atomic E-state index is 12.6. The molecular weight excluding hydrogens is 388 g/mol. The summed E-state index contributed by atoms with van der Waals surface area (Å²) in [6.07, 6.45) is 1.37. The number of aliphatic imine (C=N–C) groups is 1. The Morgan fingerprint density at radius 3 is 2.61 bits per heavy atom. The quantitative estimate of drug-likeness (QED) is 0.194. The van der Waals surface area contributed by atoms with Crippen LogP contribution in [0.4, 0.5) is 0 Å². The summed E-state index contributed by atoms with van der Waals surface area (Å²) in [6, 6.07) is 5.24. The standard InChI is InChI=1S/C17H24N4O6S/c1-11(20-24)18-10-13-6-4-3-5-12(13)9-15(21-28(2,25)26)16(22)19-14-7-8-27-17(14)23/h3-6,14-15,21,24H,7-10H2,1-2H3,(H,18,20)(H,19,22). The third-order valence-electron chi connectivity index (χ3n) is 4.12. The number of benzene rings is 1. The van der Waals surface area contributed by atoms with E-state index in [1.165, 1.54) is 0 Å². The van der Waals surface area contributed by atoms with Gasteiger partial charge in [0.2, 0.25) is 15.9 Å². The third-order valence-corrected chi connectivity index (χ3v) is 4.83. The van der Waals surface area contributed by atoms with Crippen LogP contribution in [0.15, 0.2) is 29.3 Å². The van der Waals surface area contributed by atoms with Gasteiger partial charge in [-0.05, 0) is 24.5 Å². The maximum Gasteiger partial charge on any atom is 0.328 e. The van der Waals surface area contributed by atoms with Crippen molar-refractivity contribution >= 4 is 27.7 Å². The van der Waals surface area contributed by atoms with Gasteiger partial charge < -0.3 is 10.1 Å². The Morgan fingerprint density at radius 2 is 2.04 bits per heavy atom. The van der Waals surface area contributed by atoms with Gasteiger partial charge in [-0.25, -0.2) is 17.9 Å². The highest BCUT2D eigenvalue weighted by Crippen LogP contribution is 2.14. The van der Waals surface area contributed by atoms with Crippen LogP contribution < -0.4 is 15.5 Å². The average molecular weight is 412 g/mol. The first-order valence-electron chi connectivity index (χ1n) is 8.62. The summed E-state index contributed by atoms with van der Waals surface area (Å²) in [6.45, 7) is 2.04. The van der Waals surface area contributed by atoms with Crippen LogP contribution in [0.2, 0.25) is 0 Å². The van der Waals surface area contributed by atoms with E-state index in [4.69, 9.17) is 9.94 Å². The third kappa shape index (κ3) is 6.59. The van der Waals surface area contributed by atoms with Crippen LogP contribution in [0.1, 0.15) is 24.5 Å². The molecule has 154 valence electrons. The Balaban J connectivity index is 2.20. The van der Waals surface area contributed by atoms with E-state index in [1.807, 2.05) is 5.48 Å². The smallest absolute Gasteiger partial charge is 0.328 e. The second-order valence-corrected chi connectivity index (χ2v) is 8.23. The topological polar surface area (TPSA) is 146 Å². The number of ether oxygens (including phenoxy) is 1. The normalized spacial score (nSPS) is 18.5. The molecule has 2 unspecified atom stereocenters. The molecule has 1 heterocycles. The number of hydrogen-bond donors (Lipinski definition) is 4. The van der Waals surface area contributed by atoms with Crippen molar-refractivity contribution in [3.05, 3.63) is 35.4 Å². The van der Waals surface area contributed by atoms with E-state index in [0.717, 1.165) is 11.8 Å². The molecule has 4 N–H and O–H groups in total. The molecule has 0 saturated carbocycles. The van der Waals surface area contributed by atoms with Gasteiger partial charge in [-0.15, -0.1) is 0 Å². The number of nitrogens with zero attached hydrogens (tertiary/aromatic N) is 1. The van der Waals surface area contributed by atoms with Crippen LogP contribution in [-0.2, 0) is 37.3 Å². The number of esters is 1. The SMILES string of the molecule is CC(=NCc1ccccc1CC(NS(C)(=O)=O)C(=O)NC1CCOC1=O)NO. The highest BCUT2D eigenvalue weighted by atomic mass is 32.2. The molecule has 0 bridgehead atoms. The van der Waals surface area contributed by atoms with E-state index >= 15 is 0 Å². The number of hydrogen-bond acceptors (Lipinski definition) is 7. The van der Waals surface area contributed by atoms with E-state index in [0.29, 0.717) is 17.8 Å². The van der Waals surface area contributed by atoms with Crippen LogP contribution in [0, 0.1) is 0 Å². The zero-order valence-electron chi connectivity index (χ0n) is 15.6. The molecule has 1 aromatic carbocycles. The number of rotatable bonds is 8. The van der Waals surface area contributed by atoms with Crippen molar-refractivity contribution in [2.75, 3.05) is 12.9 Å². The minimum Gasteiger partial charge on any atom is -0.464 e. The molecule has 28 heavy (non-hydrogen) atoms. The summed E-state index contributed by atoms with van der Waals surface area (Å²) in [5.41, 5.74) is 3.42. The first-order chi connectivity index (χ1) is 13.2. The molecule has 2 rings (SSSR count). The fraction of sp³-hybridized carbons (Fsp3) is 0.471. The number of sulfonamides is 1. The van der Waals surface area contributed by atoms with Gasteiger partial charge in [0.05, 0.1) is 19.4 Å². The molecule has 1 aromatic rings. The number of carbonyl (C=O) groups is 2. The molecule has 1 saturated heterocycles. The minimum absolute atomic E-state index is 0.0674. The van der Waals surface area contributed by atoms with Gasteiger partial charge in [0, 0.05) is 6.42 Å². The van der Waals surface area contributed by atoms with Crippen molar-refractivity contribution < 1.29 is 28.0 Å². The number of nitrogens with one attached hydrogen (secondary N) is 3. The van der Waals surface area contributed by atoms with Crippen LogP contribution >= 0.6 is 0 Å². The summed E-state index contributed by atoms with van der Waals surface area (Å²) in [5.74, 6) is -0.827. The first-order valence-corrected chi connectivity index (χ1v) is 10.5. The van der Waals surface area contributed by atoms with Gasteiger partial charge in [0.1, 0.15) is 17.9 Å². The van der Waals surface area contributed by atoms with E-state index in [-0.39, 0.29) is 19.6 Å². The number of amidine groups is 1. The summed E-state index contributed by atoms with van der Waals surface area (Å²) >= 11 is 0. The zero-order chi connectivity index (χ0) is 20.7. The molecule has 1 aliphatic rings. The molecule has 0 spiro atoms. The lowest BCUT2D eigenvalue weighted by Crippen LogP contribution is -2.51. The van der Waals surface area contributed by atoms with E-state index in [2.05, 4.69) is 15.0 Å². The van der Waals surface area contributed by atoms with Gasteiger partial charge in [0.15, 0.2) is 0 Å². The van der Waals surface area contributed by atoms with Crippen molar-refractivity contribution in [2.24, 2.45) is 4.99 Å². The largest absolute Gasteiger partial charge is 0.464 e. The predicted octanol–water partition coefficient (Wildman–Crippen LogP) is -0.524. The van der Waals surface area contributed by atoms with Gasteiger partial charge in [-0.1, -0.05) is 24.3 Å². The number of carbonyl (C=O) groups excluding carboxylic acids is 2. The molecule has 0 aliphatic carbocycles. The molecule has 1 aliphatic heterocycles. The summed E-state index contributed by atoms with van der Waals surface area (Å²) in [7, 11) is -3.68. The second-order valence-electron chi connectivity index (χ2n) is 6.45. The summed E-state index contributed by atoms with van der Waals surface area (Å²) < 4.78 is 30.6. The highest BCUT2D eigenvalue weighted by Gasteiger charge is 2.31. The molecule has 10 nitrogen and oxygen atoms in total. The summed E-state index contributed by atoms with van der Waals surface area (Å²) in [4.78, 5) is 28.4. The lowest BCUT2D eigenvalue weighted by molar-refractivity contribution is -0.141. The van der Waals surface area contributed by atoms with Gasteiger partial charge in [0.25, 0.3) is 0 Å². The molecule has 1 fully saturated rings. The van der Waals surface area contributed by atoms with Crippen LogP contribution in [-0.4, -0.2) is 56.3 Å². The van der Waals surface area contributed by atoms with Crippen LogP contribution in [0.3, 0.4) is 0 Å². The van der Waals surface area contributed by atoms with Crippen LogP contribution in [0.25, 0.3) is 0 Å². The fourth-order valence-electron chi connectivity index (χ4n) is 2.72. The number of amides is 1. The number of cyclic esters (lactones) is 1. The Morgan fingerprint density at radius 1 is 1.36 bits per heavy atom. The Bertz CT molecular complexity index is 855. The van der Waals surface area contributed by atoms with Crippen LogP contribution in [0.5, 0.6) is 0 Å². The van der Waals surface area contributed by atoms with Gasteiger partial charge >= 0.3 is 5.97 Å². The first kappa shape index (κ1) is 21.8. The molecular formula is C17H24N4O6S. The lowest BCUT2D eigenvalue weighted by atomic mass is 10.00. The average Bonchev–Trinajstić information content (AvgIpc) is 3.03. The Kier molecular flexibility index (Phi) is 7.49. The van der Waals surface area contributed by atoms with Crippen molar-refractivity contribution in [1.29, 1.82) is 0 Å². The van der Waals surface area contributed by atoms with E-state index in [9.17, 15) is 18.0 Å². The number of hydroxylamine groups is 1. The monoisotopic (exact) mass is 412 g/mol. The van der Waals surface area contributed by atoms with Crippen molar-refractivity contribution in [3.63, 3.8) is 0 Å². The van der Waals surface area contributed by atoms with Crippen molar-refractivity contribution in [1.82, 2.24) is 15.5 Å². The molecule has 0 radical (unpaired) electrons. The zero-order valence-corrected chi connectivity index (χ0v) is 16.5. The molecule has 1 amide bonds.